The molecule has 1 N–H and O–H groups in total. The van der Waals surface area contributed by atoms with E-state index in [1.54, 1.807) is 0 Å². The maximum Gasteiger partial charge on any atom is 0.472 e. The SMILES string of the molecule is CC(C)CCCC(C)CCCC(C)CCOCC(COP(=O)(O)OCCCC[N+](C)(C)C)OCCC(C)CCCC(C)CCCC(C)C. The Kier molecular flexibility index (Phi) is 28.6. The third-order valence-corrected chi connectivity index (χ3v) is 10.7. The minimum atomic E-state index is -4.15. The summed E-state index contributed by atoms with van der Waals surface area (Å²) >= 11 is 0. The largest absolute Gasteiger partial charge is 0.472 e. The Labute approximate surface area is 300 Å². The number of phosphoric ester groups is 1. The lowest BCUT2D eigenvalue weighted by atomic mass is 9.93. The predicted octanol–water partition coefficient (Wildman–Crippen LogP) is 11.3. The molecule has 0 aliphatic heterocycles. The average Bonchev–Trinajstić information content (AvgIpc) is 2.96. The molecule has 6 unspecified atom stereocenters. The quantitative estimate of drug-likeness (QED) is 0.0408. The van der Waals surface area contributed by atoms with Crippen LogP contribution in [0.25, 0.3) is 0 Å². The van der Waals surface area contributed by atoms with Crippen LogP contribution < -0.4 is 0 Å². The molecular formula is C40H85NO6P+. The topological polar surface area (TPSA) is 74.2 Å². The van der Waals surface area contributed by atoms with E-state index in [4.69, 9.17) is 18.5 Å². The second kappa shape index (κ2) is 28.6. The van der Waals surface area contributed by atoms with Crippen LogP contribution in [0.5, 0.6) is 0 Å². The van der Waals surface area contributed by atoms with Crippen LogP contribution in [0.4, 0.5) is 0 Å². The molecule has 0 spiro atoms. The minimum Gasteiger partial charge on any atom is -0.379 e. The van der Waals surface area contributed by atoms with E-state index in [1.165, 1.54) is 77.0 Å². The molecule has 290 valence electrons. The van der Waals surface area contributed by atoms with Crippen LogP contribution in [0.1, 0.15) is 158 Å². The second-order valence-corrected chi connectivity index (χ2v) is 18.8. The van der Waals surface area contributed by atoms with Crippen molar-refractivity contribution < 1.29 is 32.5 Å². The highest BCUT2D eigenvalue weighted by molar-refractivity contribution is 7.47. The molecule has 0 heterocycles. The number of rotatable bonds is 34. The van der Waals surface area contributed by atoms with Crippen molar-refractivity contribution in [1.29, 1.82) is 0 Å². The molecule has 0 aromatic heterocycles. The summed E-state index contributed by atoms with van der Waals surface area (Å²) in [5.41, 5.74) is 0. The van der Waals surface area contributed by atoms with Crippen molar-refractivity contribution in [1.82, 2.24) is 0 Å². The number of ether oxygens (including phenoxy) is 2. The maximum atomic E-state index is 12.6. The van der Waals surface area contributed by atoms with E-state index >= 15 is 0 Å². The third-order valence-electron chi connectivity index (χ3n) is 9.67. The zero-order valence-corrected chi connectivity index (χ0v) is 34.9. The number of quaternary nitrogens is 1. The van der Waals surface area contributed by atoms with Gasteiger partial charge >= 0.3 is 7.82 Å². The van der Waals surface area contributed by atoms with Crippen molar-refractivity contribution in [2.75, 3.05) is 60.7 Å². The number of hydrogen-bond acceptors (Lipinski definition) is 5. The predicted molar refractivity (Wildman–Crippen MR) is 205 cm³/mol. The lowest BCUT2D eigenvalue weighted by Gasteiger charge is -2.24. The van der Waals surface area contributed by atoms with E-state index in [-0.39, 0.29) is 13.2 Å². The Balaban J connectivity index is 4.60. The van der Waals surface area contributed by atoms with Crippen LogP contribution in [-0.2, 0) is 23.1 Å². The Morgan fingerprint density at radius 3 is 1.42 bits per heavy atom. The molecule has 0 aliphatic rings. The van der Waals surface area contributed by atoms with Crippen molar-refractivity contribution in [2.45, 2.75) is 164 Å². The smallest absolute Gasteiger partial charge is 0.379 e. The van der Waals surface area contributed by atoms with E-state index in [0.717, 1.165) is 60.4 Å². The first-order chi connectivity index (χ1) is 22.5. The summed E-state index contributed by atoms with van der Waals surface area (Å²) in [5, 5.41) is 0. The van der Waals surface area contributed by atoms with Gasteiger partial charge in [0, 0.05) is 13.2 Å². The molecule has 0 bridgehead atoms. The highest BCUT2D eigenvalue weighted by atomic mass is 31.2. The van der Waals surface area contributed by atoms with Crippen LogP contribution in [0.2, 0.25) is 0 Å². The Morgan fingerprint density at radius 2 is 0.958 bits per heavy atom. The van der Waals surface area contributed by atoms with Crippen molar-refractivity contribution in [3.63, 3.8) is 0 Å². The van der Waals surface area contributed by atoms with E-state index in [0.29, 0.717) is 31.7 Å². The van der Waals surface area contributed by atoms with Gasteiger partial charge in [-0.05, 0) is 61.2 Å². The van der Waals surface area contributed by atoms with Gasteiger partial charge in [-0.3, -0.25) is 9.05 Å². The molecule has 6 atom stereocenters. The fourth-order valence-electron chi connectivity index (χ4n) is 6.12. The summed E-state index contributed by atoms with van der Waals surface area (Å²) in [7, 11) is 2.27. The zero-order valence-electron chi connectivity index (χ0n) is 34.0. The molecule has 0 aliphatic carbocycles. The van der Waals surface area contributed by atoms with Gasteiger partial charge in [0.1, 0.15) is 6.10 Å². The Bertz CT molecular complexity index is 773. The molecular weight excluding hydrogens is 621 g/mol. The highest BCUT2D eigenvalue weighted by Gasteiger charge is 2.24. The lowest BCUT2D eigenvalue weighted by molar-refractivity contribution is -0.870. The fraction of sp³-hybridized carbons (Fsp3) is 1.00. The summed E-state index contributed by atoms with van der Waals surface area (Å²) in [4.78, 5) is 10.3. The number of unbranched alkanes of at least 4 members (excludes halogenated alkanes) is 1. The van der Waals surface area contributed by atoms with Gasteiger partial charge in [-0.2, -0.15) is 0 Å². The Hall–Kier alpha value is -0.0100. The third kappa shape index (κ3) is 33.2. The molecule has 0 fully saturated rings. The van der Waals surface area contributed by atoms with E-state index in [1.807, 2.05) is 0 Å². The molecule has 8 heteroatoms. The lowest BCUT2D eigenvalue weighted by Crippen LogP contribution is -2.35. The molecule has 48 heavy (non-hydrogen) atoms. The van der Waals surface area contributed by atoms with Gasteiger partial charge in [0.05, 0.1) is 47.5 Å². The van der Waals surface area contributed by atoms with E-state index < -0.39 is 13.9 Å². The molecule has 0 rings (SSSR count). The molecule has 0 amide bonds. The molecule has 0 radical (unpaired) electrons. The highest BCUT2D eigenvalue weighted by Crippen LogP contribution is 2.43. The van der Waals surface area contributed by atoms with Crippen molar-refractivity contribution in [2.24, 2.45) is 35.5 Å². The van der Waals surface area contributed by atoms with Crippen LogP contribution >= 0.6 is 7.82 Å². The fourth-order valence-corrected chi connectivity index (χ4v) is 6.91. The summed E-state index contributed by atoms with van der Waals surface area (Å²) in [6, 6.07) is 0. The maximum absolute atomic E-state index is 12.6. The number of nitrogens with zero attached hydrogens (tertiary/aromatic N) is 1. The molecule has 0 aromatic rings. The molecule has 7 nitrogen and oxygen atoms in total. The van der Waals surface area contributed by atoms with Gasteiger partial charge in [0.25, 0.3) is 0 Å². The average molecular weight is 707 g/mol. The van der Waals surface area contributed by atoms with E-state index in [2.05, 4.69) is 76.5 Å². The summed E-state index contributed by atoms with van der Waals surface area (Å²) < 4.78 is 36.4. The zero-order chi connectivity index (χ0) is 36.4. The molecule has 0 saturated heterocycles. The minimum absolute atomic E-state index is 0.0147. The van der Waals surface area contributed by atoms with Gasteiger partial charge in [0.2, 0.25) is 0 Å². The van der Waals surface area contributed by atoms with Gasteiger partial charge in [-0.25, -0.2) is 4.57 Å². The van der Waals surface area contributed by atoms with Gasteiger partial charge in [-0.15, -0.1) is 0 Å². The van der Waals surface area contributed by atoms with E-state index in [9.17, 15) is 9.46 Å². The monoisotopic (exact) mass is 707 g/mol. The number of hydrogen-bond donors (Lipinski definition) is 1. The van der Waals surface area contributed by atoms with Crippen molar-refractivity contribution in [3.05, 3.63) is 0 Å². The first-order valence-electron chi connectivity index (χ1n) is 20.1. The second-order valence-electron chi connectivity index (χ2n) is 17.4. The first-order valence-corrected chi connectivity index (χ1v) is 21.6. The van der Waals surface area contributed by atoms with Gasteiger partial charge in [-0.1, -0.05) is 132 Å². The summed E-state index contributed by atoms with van der Waals surface area (Å²) in [6.07, 6.45) is 18.8. The van der Waals surface area contributed by atoms with Crippen LogP contribution in [-0.4, -0.2) is 76.2 Å². The first kappa shape index (κ1) is 48.0. The Morgan fingerprint density at radius 1 is 0.521 bits per heavy atom. The van der Waals surface area contributed by atoms with Crippen LogP contribution in [0.15, 0.2) is 0 Å². The standard InChI is InChI=1S/C40H84NO6P/c1-34(2)18-14-20-36(5)22-16-24-38(7)26-30-44-32-40(33-47-48(42,43)46-29-13-12-28-41(9,10)11)45-31-27-39(8)25-17-23-37(6)21-15-19-35(3)4/h34-40H,12-33H2,1-11H3/p+1. The van der Waals surface area contributed by atoms with Crippen LogP contribution in [0.3, 0.4) is 0 Å². The van der Waals surface area contributed by atoms with Gasteiger partial charge in [0.15, 0.2) is 0 Å². The molecule has 0 aromatic carbocycles. The van der Waals surface area contributed by atoms with Gasteiger partial charge < -0.3 is 18.9 Å². The number of phosphoric acid groups is 1. The van der Waals surface area contributed by atoms with Crippen molar-refractivity contribution in [3.8, 4) is 0 Å². The van der Waals surface area contributed by atoms with Crippen LogP contribution in [0, 0.1) is 35.5 Å². The van der Waals surface area contributed by atoms with Crippen molar-refractivity contribution >= 4 is 7.82 Å². The molecule has 0 saturated carbocycles. The summed E-state index contributed by atoms with van der Waals surface area (Å²) in [6.45, 7) is 21.4. The summed E-state index contributed by atoms with van der Waals surface area (Å²) in [5.74, 6) is 4.40. The normalized spacial score (nSPS) is 17.0.